The summed E-state index contributed by atoms with van der Waals surface area (Å²) in [7, 11) is 0. The third-order valence-corrected chi connectivity index (χ3v) is 5.38. The number of benzene rings is 1. The largest absolute Gasteiger partial charge is 0.465 e. The molecule has 1 amide bonds. The molecule has 2 aromatic rings. The summed E-state index contributed by atoms with van der Waals surface area (Å²) in [6.07, 6.45) is 0.510. The summed E-state index contributed by atoms with van der Waals surface area (Å²) in [4.78, 5) is 21.0. The molecule has 0 saturated carbocycles. The van der Waals surface area contributed by atoms with Crippen molar-refractivity contribution in [3.05, 3.63) is 28.2 Å². The van der Waals surface area contributed by atoms with E-state index in [1.54, 1.807) is 6.07 Å². The summed E-state index contributed by atoms with van der Waals surface area (Å²) in [5, 5.41) is 9.65. The van der Waals surface area contributed by atoms with Gasteiger partial charge in [0.25, 0.3) is 0 Å². The molecule has 3 rings (SSSR count). The Hall–Kier alpha value is -1.63. The topological polar surface area (TPSA) is 69.2 Å². The maximum atomic E-state index is 13.8. The van der Waals surface area contributed by atoms with Gasteiger partial charge in [-0.05, 0) is 40.3 Å². The number of amides is 1. The van der Waals surface area contributed by atoms with Gasteiger partial charge in [-0.1, -0.05) is 20.8 Å². The molecule has 2 heterocycles. The molecule has 1 aliphatic rings. The SMILES string of the molecule is CC(C)(C)[C@]1(c2nc3cc(Br)c(F)cc3[nH]2)CCCN1C(=O)O. The van der Waals surface area contributed by atoms with Crippen molar-refractivity contribution < 1.29 is 14.3 Å². The van der Waals surface area contributed by atoms with Crippen molar-refractivity contribution in [2.75, 3.05) is 6.54 Å². The molecule has 5 nitrogen and oxygen atoms in total. The molecule has 1 aromatic heterocycles. The van der Waals surface area contributed by atoms with E-state index in [0.29, 0.717) is 34.3 Å². The molecular weight excluding hydrogens is 365 g/mol. The number of rotatable bonds is 1. The quantitative estimate of drug-likeness (QED) is 0.762. The lowest BCUT2D eigenvalue weighted by Gasteiger charge is -2.45. The van der Waals surface area contributed by atoms with Gasteiger partial charge in [0.1, 0.15) is 17.2 Å². The molecule has 2 N–H and O–H groups in total. The maximum Gasteiger partial charge on any atom is 0.408 e. The highest BCUT2D eigenvalue weighted by Crippen LogP contribution is 2.50. The number of carboxylic acid groups (broad SMARTS) is 1. The first-order valence-corrected chi connectivity index (χ1v) is 8.32. The summed E-state index contributed by atoms with van der Waals surface area (Å²) in [6, 6.07) is 2.99. The summed E-state index contributed by atoms with van der Waals surface area (Å²) >= 11 is 3.16. The second-order valence-corrected chi connectivity index (χ2v) is 7.87. The number of likely N-dealkylation sites (tertiary alicyclic amines) is 1. The maximum absolute atomic E-state index is 13.8. The van der Waals surface area contributed by atoms with E-state index in [1.807, 2.05) is 20.8 Å². The lowest BCUT2D eigenvalue weighted by molar-refractivity contribution is 0.0219. The van der Waals surface area contributed by atoms with Gasteiger partial charge in [-0.25, -0.2) is 14.2 Å². The van der Waals surface area contributed by atoms with E-state index in [4.69, 9.17) is 0 Å². The molecule has 0 aliphatic carbocycles. The van der Waals surface area contributed by atoms with E-state index < -0.39 is 11.6 Å². The molecule has 1 atom stereocenters. The van der Waals surface area contributed by atoms with Crippen molar-refractivity contribution in [2.24, 2.45) is 5.41 Å². The Morgan fingerprint density at radius 3 is 2.78 bits per heavy atom. The van der Waals surface area contributed by atoms with Gasteiger partial charge in [0, 0.05) is 12.6 Å². The van der Waals surface area contributed by atoms with Gasteiger partial charge in [0.15, 0.2) is 0 Å². The van der Waals surface area contributed by atoms with Gasteiger partial charge in [-0.3, -0.25) is 4.90 Å². The molecule has 23 heavy (non-hydrogen) atoms. The van der Waals surface area contributed by atoms with E-state index in [1.165, 1.54) is 11.0 Å². The Bertz CT molecular complexity index is 744. The van der Waals surface area contributed by atoms with Crippen LogP contribution in [0.1, 0.15) is 39.4 Å². The van der Waals surface area contributed by atoms with Crippen LogP contribution in [-0.2, 0) is 5.54 Å². The zero-order valence-corrected chi connectivity index (χ0v) is 14.9. The van der Waals surface area contributed by atoms with Crippen LogP contribution in [0.4, 0.5) is 9.18 Å². The summed E-state index contributed by atoms with van der Waals surface area (Å²) < 4.78 is 14.1. The minimum Gasteiger partial charge on any atom is -0.465 e. The van der Waals surface area contributed by atoms with E-state index in [9.17, 15) is 14.3 Å². The molecule has 0 radical (unpaired) electrons. The third kappa shape index (κ3) is 2.33. The summed E-state index contributed by atoms with van der Waals surface area (Å²) in [6.45, 7) is 6.51. The number of aromatic amines is 1. The Labute approximate surface area is 142 Å². The van der Waals surface area contributed by atoms with Crippen LogP contribution in [0.5, 0.6) is 0 Å². The Morgan fingerprint density at radius 1 is 1.48 bits per heavy atom. The Balaban J connectivity index is 2.24. The van der Waals surface area contributed by atoms with Crippen molar-refractivity contribution in [1.29, 1.82) is 0 Å². The van der Waals surface area contributed by atoms with Crippen LogP contribution in [0.3, 0.4) is 0 Å². The normalized spacial score (nSPS) is 22.0. The van der Waals surface area contributed by atoms with Crippen LogP contribution < -0.4 is 0 Å². The molecule has 124 valence electrons. The molecule has 0 spiro atoms. The number of hydrogen-bond donors (Lipinski definition) is 2. The molecule has 1 aliphatic heterocycles. The van der Waals surface area contributed by atoms with Crippen LogP contribution in [-0.4, -0.2) is 32.6 Å². The van der Waals surface area contributed by atoms with Gasteiger partial charge in [-0.2, -0.15) is 0 Å². The lowest BCUT2D eigenvalue weighted by Crippen LogP contribution is -2.53. The fourth-order valence-corrected chi connectivity index (χ4v) is 3.99. The van der Waals surface area contributed by atoms with E-state index in [0.717, 1.165) is 6.42 Å². The van der Waals surface area contributed by atoms with Crippen molar-refractivity contribution in [2.45, 2.75) is 39.2 Å². The van der Waals surface area contributed by atoms with Gasteiger partial charge in [0.2, 0.25) is 0 Å². The lowest BCUT2D eigenvalue weighted by atomic mass is 9.71. The minimum atomic E-state index is -0.953. The molecule has 0 unspecified atom stereocenters. The minimum absolute atomic E-state index is 0.342. The van der Waals surface area contributed by atoms with Crippen molar-refractivity contribution in [3.8, 4) is 0 Å². The molecule has 1 fully saturated rings. The Kier molecular flexibility index (Phi) is 3.66. The van der Waals surface area contributed by atoms with Crippen LogP contribution in [0.25, 0.3) is 11.0 Å². The number of carbonyl (C=O) groups is 1. The number of fused-ring (bicyclic) bond motifs is 1. The van der Waals surface area contributed by atoms with Crippen LogP contribution in [0.15, 0.2) is 16.6 Å². The van der Waals surface area contributed by atoms with Crippen LogP contribution in [0.2, 0.25) is 0 Å². The molecular formula is C16H19BrFN3O2. The van der Waals surface area contributed by atoms with Gasteiger partial charge < -0.3 is 10.1 Å². The first kappa shape index (κ1) is 16.2. The summed E-state index contributed by atoms with van der Waals surface area (Å²) in [5.41, 5.74) is 0.0857. The van der Waals surface area contributed by atoms with E-state index in [2.05, 4.69) is 25.9 Å². The second kappa shape index (κ2) is 5.19. The number of imidazole rings is 1. The number of nitrogens with zero attached hydrogens (tertiary/aromatic N) is 2. The average Bonchev–Trinajstić information content (AvgIpc) is 3.02. The average molecular weight is 384 g/mol. The van der Waals surface area contributed by atoms with Crippen molar-refractivity contribution in [3.63, 3.8) is 0 Å². The predicted molar refractivity (Wildman–Crippen MR) is 88.8 cm³/mol. The molecule has 1 saturated heterocycles. The predicted octanol–water partition coefficient (Wildman–Crippen LogP) is 4.48. The summed E-state index contributed by atoms with van der Waals surface area (Å²) in [5.74, 6) is 0.205. The number of H-pyrrole nitrogens is 1. The highest BCUT2D eigenvalue weighted by atomic mass is 79.9. The van der Waals surface area contributed by atoms with E-state index >= 15 is 0 Å². The van der Waals surface area contributed by atoms with Crippen molar-refractivity contribution in [1.82, 2.24) is 14.9 Å². The first-order chi connectivity index (χ1) is 10.7. The highest BCUT2D eigenvalue weighted by molar-refractivity contribution is 9.10. The Morgan fingerprint density at radius 2 is 2.17 bits per heavy atom. The van der Waals surface area contributed by atoms with Crippen molar-refractivity contribution >= 4 is 33.1 Å². The standard InChI is InChI=1S/C16H19BrFN3O2/c1-15(2,3)16(5-4-6-21(16)14(22)23)13-19-11-7-9(17)10(18)8-12(11)20-13/h7-8H,4-6H2,1-3H3,(H,19,20)(H,22,23)/t16-/m1/s1. The number of halogens is 2. The van der Waals surface area contributed by atoms with E-state index in [-0.39, 0.29) is 11.2 Å². The fourth-order valence-electron chi connectivity index (χ4n) is 3.66. The smallest absolute Gasteiger partial charge is 0.408 e. The number of nitrogens with one attached hydrogen (secondary N) is 1. The molecule has 0 bridgehead atoms. The first-order valence-electron chi connectivity index (χ1n) is 7.52. The highest BCUT2D eigenvalue weighted by Gasteiger charge is 2.55. The van der Waals surface area contributed by atoms with Crippen LogP contribution >= 0.6 is 15.9 Å². The second-order valence-electron chi connectivity index (χ2n) is 7.02. The van der Waals surface area contributed by atoms with Crippen LogP contribution in [0, 0.1) is 11.2 Å². The zero-order chi connectivity index (χ0) is 17.0. The molecule has 1 aromatic carbocycles. The zero-order valence-electron chi connectivity index (χ0n) is 13.3. The number of hydrogen-bond acceptors (Lipinski definition) is 2. The third-order valence-electron chi connectivity index (χ3n) is 4.77. The van der Waals surface area contributed by atoms with Gasteiger partial charge >= 0.3 is 6.09 Å². The molecule has 7 heteroatoms. The van der Waals surface area contributed by atoms with Gasteiger partial charge in [-0.15, -0.1) is 0 Å². The number of aromatic nitrogens is 2. The fraction of sp³-hybridized carbons (Fsp3) is 0.500. The monoisotopic (exact) mass is 383 g/mol. The van der Waals surface area contributed by atoms with Gasteiger partial charge in [0.05, 0.1) is 15.5 Å².